The molecule has 7 nitrogen and oxygen atoms in total. The van der Waals surface area contributed by atoms with Gasteiger partial charge in [0, 0.05) is 24.3 Å². The number of carboxylic acid groups (broad SMARTS) is 1. The van der Waals surface area contributed by atoms with Crippen molar-refractivity contribution >= 4 is 29.3 Å². The van der Waals surface area contributed by atoms with Crippen LogP contribution in [0.3, 0.4) is 0 Å². The topological polar surface area (TPSA) is 98.7 Å². The predicted octanol–water partition coefficient (Wildman–Crippen LogP) is 5.56. The number of nitrogens with zero attached hydrogens (tertiary/aromatic N) is 1. The zero-order valence-electron chi connectivity index (χ0n) is 20.4. The Morgan fingerprint density at radius 1 is 0.917 bits per heavy atom. The van der Waals surface area contributed by atoms with Crippen molar-refractivity contribution < 1.29 is 19.5 Å². The van der Waals surface area contributed by atoms with Gasteiger partial charge in [0.2, 0.25) is 5.91 Å². The highest BCUT2D eigenvalue weighted by molar-refractivity contribution is 6.00. The molecule has 0 aliphatic carbocycles. The number of amides is 3. The molecule has 1 aliphatic rings. The van der Waals surface area contributed by atoms with Crippen molar-refractivity contribution in [2.75, 3.05) is 17.2 Å². The van der Waals surface area contributed by atoms with Gasteiger partial charge in [-0.05, 0) is 66.6 Å². The molecule has 186 valence electrons. The van der Waals surface area contributed by atoms with Crippen molar-refractivity contribution in [3.8, 4) is 0 Å². The summed E-state index contributed by atoms with van der Waals surface area (Å²) in [4.78, 5) is 38.2. The molecule has 3 aromatic rings. The molecule has 3 N–H and O–H groups in total. The van der Waals surface area contributed by atoms with E-state index in [-0.39, 0.29) is 24.4 Å². The first kappa shape index (κ1) is 25.0. The fourth-order valence-corrected chi connectivity index (χ4v) is 4.55. The van der Waals surface area contributed by atoms with E-state index >= 15 is 0 Å². The molecular weight excluding hydrogens is 454 g/mol. The van der Waals surface area contributed by atoms with Crippen molar-refractivity contribution in [2.45, 2.75) is 45.1 Å². The summed E-state index contributed by atoms with van der Waals surface area (Å²) in [6.07, 6.45) is 2.78. The van der Waals surface area contributed by atoms with Gasteiger partial charge in [-0.15, -0.1) is 0 Å². The van der Waals surface area contributed by atoms with Crippen LogP contribution < -0.4 is 10.6 Å². The number of carboxylic acids is 1. The molecule has 0 saturated carbocycles. The first-order valence-corrected chi connectivity index (χ1v) is 12.2. The number of carbonyl (C=O) groups is 3. The minimum atomic E-state index is -0.805. The highest BCUT2D eigenvalue weighted by atomic mass is 16.4. The number of nitrogens with one attached hydrogen (secondary N) is 2. The third-order valence-corrected chi connectivity index (χ3v) is 6.53. The van der Waals surface area contributed by atoms with Crippen LogP contribution in [0.25, 0.3) is 0 Å². The van der Waals surface area contributed by atoms with Crippen molar-refractivity contribution in [1.82, 2.24) is 4.90 Å². The molecule has 3 amide bonds. The Hall–Kier alpha value is -4.13. The summed E-state index contributed by atoms with van der Waals surface area (Å²) < 4.78 is 0. The van der Waals surface area contributed by atoms with Gasteiger partial charge in [-0.2, -0.15) is 0 Å². The summed E-state index contributed by atoms with van der Waals surface area (Å²) >= 11 is 0. The van der Waals surface area contributed by atoms with Crippen LogP contribution in [0, 0.1) is 6.92 Å². The van der Waals surface area contributed by atoms with Crippen molar-refractivity contribution in [3.63, 3.8) is 0 Å². The van der Waals surface area contributed by atoms with Crippen LogP contribution in [0.4, 0.5) is 16.2 Å². The molecular formula is C29H31N3O4. The van der Waals surface area contributed by atoms with Crippen molar-refractivity contribution in [1.29, 1.82) is 0 Å². The number of benzene rings is 3. The molecule has 0 spiro atoms. The van der Waals surface area contributed by atoms with Gasteiger partial charge in [-0.3, -0.25) is 9.59 Å². The van der Waals surface area contributed by atoms with Gasteiger partial charge < -0.3 is 20.6 Å². The lowest BCUT2D eigenvalue weighted by molar-refractivity contribution is -0.137. The number of aryl methyl sites for hydroxylation is 2. The van der Waals surface area contributed by atoms with Crippen LogP contribution >= 0.6 is 0 Å². The molecule has 7 heteroatoms. The van der Waals surface area contributed by atoms with Gasteiger partial charge in [0.05, 0.1) is 12.5 Å². The monoisotopic (exact) mass is 485 g/mol. The lowest BCUT2D eigenvalue weighted by atomic mass is 10.0. The van der Waals surface area contributed by atoms with E-state index in [0.29, 0.717) is 18.5 Å². The number of aliphatic carboxylic acids is 1. The Morgan fingerprint density at radius 3 is 2.31 bits per heavy atom. The van der Waals surface area contributed by atoms with Crippen LogP contribution in [0.15, 0.2) is 72.8 Å². The summed E-state index contributed by atoms with van der Waals surface area (Å²) in [5.74, 6) is -0.730. The molecule has 0 aromatic heterocycles. The minimum Gasteiger partial charge on any atom is -0.481 e. The highest BCUT2D eigenvalue weighted by Gasteiger charge is 2.29. The lowest BCUT2D eigenvalue weighted by Crippen LogP contribution is -2.31. The zero-order valence-corrected chi connectivity index (χ0v) is 20.4. The summed E-state index contributed by atoms with van der Waals surface area (Å²) in [6, 6.07) is 22.6. The van der Waals surface area contributed by atoms with Gasteiger partial charge in [-0.1, -0.05) is 54.6 Å². The molecule has 36 heavy (non-hydrogen) atoms. The number of likely N-dealkylation sites (tertiary alicyclic amines) is 1. The molecule has 0 radical (unpaired) electrons. The number of anilines is 2. The Labute approximate surface area is 211 Å². The van der Waals surface area contributed by atoms with Crippen LogP contribution in [-0.2, 0) is 22.4 Å². The maximum absolute atomic E-state index is 13.1. The maximum atomic E-state index is 13.1. The number of rotatable bonds is 8. The van der Waals surface area contributed by atoms with E-state index in [1.807, 2.05) is 72.5 Å². The third-order valence-electron chi connectivity index (χ3n) is 6.53. The molecule has 1 atom stereocenters. The number of carbonyl (C=O) groups excluding carboxylic acids is 2. The van der Waals surface area contributed by atoms with Crippen molar-refractivity contribution in [2.24, 2.45) is 0 Å². The van der Waals surface area contributed by atoms with Crippen LogP contribution in [0.5, 0.6) is 0 Å². The normalized spacial score (nSPS) is 14.9. The summed E-state index contributed by atoms with van der Waals surface area (Å²) in [5, 5.41) is 14.5. The molecule has 1 saturated heterocycles. The zero-order chi connectivity index (χ0) is 25.5. The maximum Gasteiger partial charge on any atom is 0.323 e. The van der Waals surface area contributed by atoms with Gasteiger partial charge in [0.15, 0.2) is 0 Å². The molecule has 1 heterocycles. The molecule has 4 rings (SSSR count). The Bertz CT molecular complexity index is 1220. The second kappa shape index (κ2) is 11.5. The van der Waals surface area contributed by atoms with Gasteiger partial charge in [0.1, 0.15) is 0 Å². The largest absolute Gasteiger partial charge is 0.481 e. The number of hydrogen-bond donors (Lipinski definition) is 3. The molecule has 1 unspecified atom stereocenters. The fraction of sp³-hybridized carbons (Fsp3) is 0.276. The van der Waals surface area contributed by atoms with Crippen molar-refractivity contribution in [3.05, 3.63) is 95.1 Å². The molecule has 0 bridgehead atoms. The Morgan fingerprint density at radius 2 is 1.61 bits per heavy atom. The highest BCUT2D eigenvalue weighted by Crippen LogP contribution is 2.32. The average molecular weight is 486 g/mol. The SMILES string of the molecule is Cc1ccccc1NC(=O)Nc1ccc(CC(=O)N2CCCC2c2ccc(CCC(=O)O)cc2)cc1. The molecule has 1 aliphatic heterocycles. The quantitative estimate of drug-likeness (QED) is 0.389. The summed E-state index contributed by atoms with van der Waals surface area (Å²) in [5.41, 5.74) is 5.35. The second-order valence-electron chi connectivity index (χ2n) is 9.15. The van der Waals surface area contributed by atoms with Gasteiger partial charge >= 0.3 is 12.0 Å². The van der Waals surface area contributed by atoms with E-state index in [1.54, 1.807) is 12.1 Å². The van der Waals surface area contributed by atoms with E-state index in [9.17, 15) is 14.4 Å². The van der Waals surface area contributed by atoms with Crippen LogP contribution in [-0.4, -0.2) is 34.5 Å². The molecule has 3 aromatic carbocycles. The van der Waals surface area contributed by atoms with E-state index in [4.69, 9.17) is 5.11 Å². The lowest BCUT2D eigenvalue weighted by Gasteiger charge is -2.25. The number of para-hydroxylation sites is 1. The standard InChI is InChI=1S/C29H31N3O4/c1-20-5-2-3-6-25(20)31-29(36)30-24-15-10-22(11-16-24)19-27(33)32-18-4-7-26(32)23-13-8-21(9-14-23)12-17-28(34)35/h2-3,5-6,8-11,13-16,26H,4,7,12,17-19H2,1H3,(H,34,35)(H2,30,31,36). The average Bonchev–Trinajstić information content (AvgIpc) is 3.36. The van der Waals surface area contributed by atoms with Crippen LogP contribution in [0.2, 0.25) is 0 Å². The third kappa shape index (κ3) is 6.50. The first-order chi connectivity index (χ1) is 17.4. The Kier molecular flexibility index (Phi) is 8.00. The fourth-order valence-electron chi connectivity index (χ4n) is 4.55. The predicted molar refractivity (Wildman–Crippen MR) is 140 cm³/mol. The Balaban J connectivity index is 1.32. The smallest absolute Gasteiger partial charge is 0.323 e. The number of hydrogen-bond acceptors (Lipinski definition) is 3. The van der Waals surface area contributed by atoms with E-state index in [0.717, 1.165) is 47.3 Å². The minimum absolute atomic E-state index is 0.0390. The van der Waals surface area contributed by atoms with Crippen LogP contribution in [0.1, 0.15) is 47.6 Å². The summed E-state index contributed by atoms with van der Waals surface area (Å²) in [7, 11) is 0. The summed E-state index contributed by atoms with van der Waals surface area (Å²) in [6.45, 7) is 2.66. The number of urea groups is 1. The van der Waals surface area contributed by atoms with E-state index in [1.165, 1.54) is 0 Å². The van der Waals surface area contributed by atoms with E-state index < -0.39 is 5.97 Å². The molecule has 1 fully saturated rings. The first-order valence-electron chi connectivity index (χ1n) is 12.2. The second-order valence-corrected chi connectivity index (χ2v) is 9.15. The van der Waals surface area contributed by atoms with Gasteiger partial charge in [0.25, 0.3) is 0 Å². The van der Waals surface area contributed by atoms with Gasteiger partial charge in [-0.25, -0.2) is 4.79 Å². The van der Waals surface area contributed by atoms with E-state index in [2.05, 4.69) is 10.6 Å².